The molecule has 0 amide bonds. The van der Waals surface area contributed by atoms with Crippen LogP contribution in [-0.4, -0.2) is 30.4 Å². The van der Waals surface area contributed by atoms with Gasteiger partial charge in [0.2, 0.25) is 0 Å². The smallest absolute Gasteiger partial charge is 0.309 e. The number of nitrogens with one attached hydrogen (secondary N) is 1. The van der Waals surface area contributed by atoms with Crippen molar-refractivity contribution in [1.29, 1.82) is 0 Å². The summed E-state index contributed by atoms with van der Waals surface area (Å²) in [7, 11) is 2.94. The number of aromatic nitrogens is 2. The molecule has 1 aromatic heterocycles. The second-order valence-electron chi connectivity index (χ2n) is 7.10. The Morgan fingerprint density at radius 2 is 1.90 bits per heavy atom. The maximum Gasteiger partial charge on any atom is 0.309 e. The Kier molecular flexibility index (Phi) is 5.61. The number of anilines is 2. The van der Waals surface area contributed by atoms with Crippen LogP contribution in [0.4, 0.5) is 15.9 Å². The lowest BCUT2D eigenvalue weighted by atomic mass is 10.0. The second kappa shape index (κ2) is 8.49. The third kappa shape index (κ3) is 3.83. The number of carbonyl (C=O) groups is 1. The SMILES string of the molecule is COC(=O)Cc1ccc(Nc2nnc(-c3ccccc3OC)c3c2CCC3)c(F)c1. The number of methoxy groups -OCH3 is 2. The Balaban J connectivity index is 1.65. The van der Waals surface area contributed by atoms with Crippen LogP contribution in [0.25, 0.3) is 11.3 Å². The van der Waals surface area contributed by atoms with E-state index in [1.165, 1.54) is 13.2 Å². The summed E-state index contributed by atoms with van der Waals surface area (Å²) in [6.07, 6.45) is 2.74. The van der Waals surface area contributed by atoms with Gasteiger partial charge in [0.05, 0.1) is 26.3 Å². The molecule has 0 saturated carbocycles. The lowest BCUT2D eigenvalue weighted by molar-refractivity contribution is -0.139. The highest BCUT2D eigenvalue weighted by Crippen LogP contribution is 2.38. The number of nitrogens with zero attached hydrogens (tertiary/aromatic N) is 2. The summed E-state index contributed by atoms with van der Waals surface area (Å²) in [6.45, 7) is 0. The van der Waals surface area contributed by atoms with Gasteiger partial charge in [-0.15, -0.1) is 10.2 Å². The van der Waals surface area contributed by atoms with Crippen molar-refractivity contribution in [2.45, 2.75) is 25.7 Å². The zero-order valence-corrected chi connectivity index (χ0v) is 16.9. The fourth-order valence-corrected chi connectivity index (χ4v) is 3.78. The van der Waals surface area contributed by atoms with E-state index in [0.717, 1.165) is 47.4 Å². The summed E-state index contributed by atoms with van der Waals surface area (Å²) >= 11 is 0. The van der Waals surface area contributed by atoms with Gasteiger partial charge in [-0.1, -0.05) is 18.2 Å². The van der Waals surface area contributed by atoms with E-state index in [9.17, 15) is 9.18 Å². The number of carbonyl (C=O) groups excluding carboxylic acids is 1. The number of benzene rings is 2. The van der Waals surface area contributed by atoms with Crippen LogP contribution in [0.1, 0.15) is 23.1 Å². The lowest BCUT2D eigenvalue weighted by Crippen LogP contribution is -2.07. The quantitative estimate of drug-likeness (QED) is 0.616. The molecule has 1 aliphatic carbocycles. The van der Waals surface area contributed by atoms with Crippen molar-refractivity contribution in [2.24, 2.45) is 0 Å². The molecule has 0 bridgehead atoms. The molecule has 0 aliphatic heterocycles. The molecule has 2 aromatic carbocycles. The summed E-state index contributed by atoms with van der Waals surface area (Å²) in [6, 6.07) is 12.3. The van der Waals surface area contributed by atoms with Gasteiger partial charge in [0.1, 0.15) is 17.3 Å². The first-order valence-electron chi connectivity index (χ1n) is 9.74. The molecule has 0 fully saturated rings. The summed E-state index contributed by atoms with van der Waals surface area (Å²) < 4.78 is 24.7. The third-order valence-electron chi connectivity index (χ3n) is 5.26. The van der Waals surface area contributed by atoms with E-state index < -0.39 is 11.8 Å². The van der Waals surface area contributed by atoms with Gasteiger partial charge >= 0.3 is 5.97 Å². The maximum atomic E-state index is 14.6. The summed E-state index contributed by atoms with van der Waals surface area (Å²) in [5, 5.41) is 11.9. The monoisotopic (exact) mass is 407 g/mol. The highest BCUT2D eigenvalue weighted by molar-refractivity contribution is 5.75. The Labute approximate surface area is 174 Å². The Morgan fingerprint density at radius 3 is 2.67 bits per heavy atom. The van der Waals surface area contributed by atoms with Gasteiger partial charge in [0, 0.05) is 11.1 Å². The zero-order valence-electron chi connectivity index (χ0n) is 16.9. The molecule has 4 rings (SSSR count). The number of ether oxygens (including phenoxy) is 2. The van der Waals surface area contributed by atoms with Crippen LogP contribution >= 0.6 is 0 Å². The molecular weight excluding hydrogens is 385 g/mol. The highest BCUT2D eigenvalue weighted by atomic mass is 19.1. The normalized spacial score (nSPS) is 12.4. The van der Waals surface area contributed by atoms with Gasteiger partial charge in [0.15, 0.2) is 5.82 Å². The molecule has 0 unspecified atom stereocenters. The van der Waals surface area contributed by atoms with E-state index >= 15 is 0 Å². The maximum absolute atomic E-state index is 14.6. The molecule has 0 radical (unpaired) electrons. The Hall–Kier alpha value is -3.48. The van der Waals surface area contributed by atoms with Crippen LogP contribution in [0.15, 0.2) is 42.5 Å². The molecule has 154 valence electrons. The van der Waals surface area contributed by atoms with Crippen molar-refractivity contribution in [3.8, 4) is 17.0 Å². The van der Waals surface area contributed by atoms with E-state index in [1.54, 1.807) is 19.2 Å². The predicted molar refractivity (Wildman–Crippen MR) is 111 cm³/mol. The summed E-state index contributed by atoms with van der Waals surface area (Å²) in [5.41, 5.74) is 4.70. The van der Waals surface area contributed by atoms with Gasteiger partial charge in [0.25, 0.3) is 0 Å². The first kappa shape index (κ1) is 19.8. The number of fused-ring (bicyclic) bond motifs is 1. The van der Waals surface area contributed by atoms with E-state index in [1.807, 2.05) is 24.3 Å². The van der Waals surface area contributed by atoms with Crippen molar-refractivity contribution in [1.82, 2.24) is 10.2 Å². The summed E-state index contributed by atoms with van der Waals surface area (Å²) in [5.74, 6) is 0.430. The molecule has 0 saturated heterocycles. The minimum absolute atomic E-state index is 0.0243. The number of halogens is 1. The molecule has 1 N–H and O–H groups in total. The first-order chi connectivity index (χ1) is 14.6. The fraction of sp³-hybridized carbons (Fsp3) is 0.261. The summed E-state index contributed by atoms with van der Waals surface area (Å²) in [4.78, 5) is 11.4. The zero-order chi connectivity index (χ0) is 21.1. The van der Waals surface area contributed by atoms with Crippen molar-refractivity contribution < 1.29 is 18.7 Å². The van der Waals surface area contributed by atoms with Crippen LogP contribution in [0.5, 0.6) is 5.75 Å². The van der Waals surface area contributed by atoms with Crippen LogP contribution in [0, 0.1) is 5.82 Å². The predicted octanol–water partition coefficient (Wildman–Crippen LogP) is 4.24. The van der Waals surface area contributed by atoms with Gasteiger partial charge in [-0.05, 0) is 54.7 Å². The number of hydrogen-bond acceptors (Lipinski definition) is 6. The molecule has 3 aromatic rings. The number of esters is 1. The van der Waals surface area contributed by atoms with Gasteiger partial charge < -0.3 is 14.8 Å². The largest absolute Gasteiger partial charge is 0.496 e. The van der Waals surface area contributed by atoms with Gasteiger partial charge in [-0.2, -0.15) is 0 Å². The second-order valence-corrected chi connectivity index (χ2v) is 7.10. The van der Waals surface area contributed by atoms with E-state index in [2.05, 4.69) is 20.3 Å². The number of para-hydroxylation sites is 1. The third-order valence-corrected chi connectivity index (χ3v) is 5.26. The van der Waals surface area contributed by atoms with E-state index in [4.69, 9.17) is 4.74 Å². The molecule has 30 heavy (non-hydrogen) atoms. The molecule has 0 atom stereocenters. The minimum Gasteiger partial charge on any atom is -0.496 e. The van der Waals surface area contributed by atoms with Crippen LogP contribution in [0.3, 0.4) is 0 Å². The van der Waals surface area contributed by atoms with Gasteiger partial charge in [-0.25, -0.2) is 4.39 Å². The first-order valence-corrected chi connectivity index (χ1v) is 9.74. The number of rotatable bonds is 6. The molecule has 6 nitrogen and oxygen atoms in total. The standard InChI is InChI=1S/C23H22FN3O3/c1-29-20-9-4-3-6-17(20)22-15-7-5-8-16(15)23(27-26-22)25-19-11-10-14(12-18(19)24)13-21(28)30-2/h3-4,6,9-12H,5,7-8,13H2,1-2H3,(H,25,27). The van der Waals surface area contributed by atoms with Crippen molar-refractivity contribution >= 4 is 17.5 Å². The fourth-order valence-electron chi connectivity index (χ4n) is 3.78. The average molecular weight is 407 g/mol. The van der Waals surface area contributed by atoms with Crippen LogP contribution in [-0.2, 0) is 28.8 Å². The minimum atomic E-state index is -0.459. The van der Waals surface area contributed by atoms with Crippen molar-refractivity contribution in [3.63, 3.8) is 0 Å². The molecule has 7 heteroatoms. The van der Waals surface area contributed by atoms with E-state index in [-0.39, 0.29) is 12.1 Å². The molecule has 1 heterocycles. The average Bonchev–Trinajstić information content (AvgIpc) is 3.26. The van der Waals surface area contributed by atoms with E-state index in [0.29, 0.717) is 11.4 Å². The topological polar surface area (TPSA) is 73.3 Å². The van der Waals surface area contributed by atoms with Crippen LogP contribution < -0.4 is 10.1 Å². The van der Waals surface area contributed by atoms with Crippen LogP contribution in [0.2, 0.25) is 0 Å². The molecule has 0 spiro atoms. The Bertz CT molecular complexity index is 1100. The number of hydrogen-bond donors (Lipinski definition) is 1. The van der Waals surface area contributed by atoms with Gasteiger partial charge in [-0.3, -0.25) is 4.79 Å². The molecular formula is C23H22FN3O3. The molecule has 1 aliphatic rings. The highest BCUT2D eigenvalue weighted by Gasteiger charge is 2.24. The Morgan fingerprint density at radius 1 is 1.10 bits per heavy atom. The van der Waals surface area contributed by atoms with Crippen molar-refractivity contribution in [3.05, 3.63) is 65.0 Å². The lowest BCUT2D eigenvalue weighted by Gasteiger charge is -2.15. The van der Waals surface area contributed by atoms with Crippen molar-refractivity contribution in [2.75, 3.05) is 19.5 Å².